The fraction of sp³-hybridized carbons (Fsp3) is 0.263. The summed E-state index contributed by atoms with van der Waals surface area (Å²) in [6.45, 7) is 6.28. The molecule has 0 aliphatic rings. The molecule has 124 valence electrons. The van der Waals surface area contributed by atoms with E-state index in [0.717, 1.165) is 16.9 Å². The number of hydrogen-bond acceptors (Lipinski definition) is 3. The maximum atomic E-state index is 12.4. The van der Waals surface area contributed by atoms with Gasteiger partial charge in [-0.15, -0.1) is 0 Å². The van der Waals surface area contributed by atoms with Crippen LogP contribution < -0.4 is 10.1 Å². The highest BCUT2D eigenvalue weighted by molar-refractivity contribution is 5.92. The molecule has 0 aliphatic carbocycles. The van der Waals surface area contributed by atoms with Crippen molar-refractivity contribution in [2.75, 3.05) is 12.4 Å². The third kappa shape index (κ3) is 3.11. The zero-order valence-electron chi connectivity index (χ0n) is 14.4. The summed E-state index contributed by atoms with van der Waals surface area (Å²) in [7, 11) is 1.60. The lowest BCUT2D eigenvalue weighted by Crippen LogP contribution is -2.19. The van der Waals surface area contributed by atoms with Crippen molar-refractivity contribution < 1.29 is 9.53 Å². The van der Waals surface area contributed by atoms with Crippen molar-refractivity contribution in [1.82, 2.24) is 9.55 Å². The van der Waals surface area contributed by atoms with Gasteiger partial charge in [-0.2, -0.15) is 0 Å². The summed E-state index contributed by atoms with van der Waals surface area (Å²) >= 11 is 0. The number of fused-ring (bicyclic) bond motifs is 1. The van der Waals surface area contributed by atoms with Gasteiger partial charge in [0.25, 0.3) is 0 Å². The van der Waals surface area contributed by atoms with Crippen LogP contribution in [0.3, 0.4) is 0 Å². The minimum absolute atomic E-state index is 0.0936. The maximum absolute atomic E-state index is 12.4. The number of aromatic nitrogens is 2. The zero-order chi connectivity index (χ0) is 17.3. The number of anilines is 1. The van der Waals surface area contributed by atoms with Gasteiger partial charge in [0.15, 0.2) is 0 Å². The average Bonchev–Trinajstić information content (AvgIpc) is 2.83. The molecule has 0 spiro atoms. The van der Waals surface area contributed by atoms with Crippen molar-refractivity contribution in [2.24, 2.45) is 0 Å². The van der Waals surface area contributed by atoms with E-state index >= 15 is 0 Å². The largest absolute Gasteiger partial charge is 0.497 e. The standard InChI is InChI=1S/C19H21N3O2/c1-12-8-17-18(9-13(12)2)22(14(3)20-17)11-19(23)21-15-6-5-7-16(10-15)24-4/h5-10H,11H2,1-4H3,(H,21,23). The Morgan fingerprint density at radius 2 is 1.92 bits per heavy atom. The topological polar surface area (TPSA) is 56.1 Å². The molecular weight excluding hydrogens is 302 g/mol. The summed E-state index contributed by atoms with van der Waals surface area (Å²) in [5.74, 6) is 1.45. The number of methoxy groups -OCH3 is 1. The van der Waals surface area contributed by atoms with Gasteiger partial charge in [-0.3, -0.25) is 4.79 Å². The SMILES string of the molecule is COc1cccc(NC(=O)Cn2c(C)nc3cc(C)c(C)cc32)c1. The average molecular weight is 323 g/mol. The predicted molar refractivity (Wildman–Crippen MR) is 95.6 cm³/mol. The fourth-order valence-corrected chi connectivity index (χ4v) is 2.74. The van der Waals surface area contributed by atoms with Crippen LogP contribution in [0.5, 0.6) is 5.75 Å². The molecule has 1 N–H and O–H groups in total. The minimum Gasteiger partial charge on any atom is -0.497 e. The normalized spacial score (nSPS) is 10.8. The van der Waals surface area contributed by atoms with Gasteiger partial charge in [0, 0.05) is 11.8 Å². The van der Waals surface area contributed by atoms with Crippen molar-refractivity contribution in [3.05, 3.63) is 53.3 Å². The molecule has 0 atom stereocenters. The highest BCUT2D eigenvalue weighted by atomic mass is 16.5. The van der Waals surface area contributed by atoms with E-state index in [0.29, 0.717) is 11.4 Å². The van der Waals surface area contributed by atoms with E-state index in [9.17, 15) is 4.79 Å². The summed E-state index contributed by atoms with van der Waals surface area (Å²) in [6.07, 6.45) is 0. The number of carbonyl (C=O) groups is 1. The molecule has 2 aromatic carbocycles. The Hall–Kier alpha value is -2.82. The summed E-state index contributed by atoms with van der Waals surface area (Å²) in [5.41, 5.74) is 5.01. The van der Waals surface area contributed by atoms with Crippen molar-refractivity contribution in [3.63, 3.8) is 0 Å². The second kappa shape index (κ2) is 6.35. The van der Waals surface area contributed by atoms with Crippen LogP contribution >= 0.6 is 0 Å². The van der Waals surface area contributed by atoms with Gasteiger partial charge in [-0.25, -0.2) is 4.98 Å². The van der Waals surface area contributed by atoms with Crippen molar-refractivity contribution in [1.29, 1.82) is 0 Å². The van der Waals surface area contributed by atoms with E-state index in [-0.39, 0.29) is 12.5 Å². The fourth-order valence-electron chi connectivity index (χ4n) is 2.74. The van der Waals surface area contributed by atoms with Crippen LogP contribution in [0.2, 0.25) is 0 Å². The number of ether oxygens (including phenoxy) is 1. The minimum atomic E-state index is -0.0936. The monoisotopic (exact) mass is 323 g/mol. The van der Waals surface area contributed by atoms with Crippen LogP contribution in [0, 0.1) is 20.8 Å². The molecule has 5 nitrogen and oxygen atoms in total. The smallest absolute Gasteiger partial charge is 0.244 e. The second-order valence-corrected chi connectivity index (χ2v) is 5.95. The molecule has 1 heterocycles. The van der Waals surface area contributed by atoms with Gasteiger partial charge in [-0.05, 0) is 56.2 Å². The first-order valence-electron chi connectivity index (χ1n) is 7.86. The highest BCUT2D eigenvalue weighted by Crippen LogP contribution is 2.21. The summed E-state index contributed by atoms with van der Waals surface area (Å²) in [4.78, 5) is 17.0. The number of benzene rings is 2. The molecule has 0 saturated carbocycles. The molecule has 5 heteroatoms. The Bertz CT molecular complexity index is 912. The molecule has 3 rings (SSSR count). The first-order chi connectivity index (χ1) is 11.5. The van der Waals surface area contributed by atoms with Crippen LogP contribution in [-0.4, -0.2) is 22.6 Å². The molecule has 0 radical (unpaired) electrons. The number of amides is 1. The Labute approximate surface area is 141 Å². The van der Waals surface area contributed by atoms with Crippen molar-refractivity contribution in [3.8, 4) is 5.75 Å². The van der Waals surface area contributed by atoms with Crippen LogP contribution in [0.15, 0.2) is 36.4 Å². The van der Waals surface area contributed by atoms with Gasteiger partial charge in [0.1, 0.15) is 18.1 Å². The predicted octanol–water partition coefficient (Wildman–Crippen LogP) is 3.61. The lowest BCUT2D eigenvalue weighted by molar-refractivity contribution is -0.116. The molecule has 0 bridgehead atoms. The van der Waals surface area contributed by atoms with Crippen LogP contribution in [0.1, 0.15) is 17.0 Å². The number of aryl methyl sites for hydroxylation is 3. The molecule has 1 amide bonds. The number of carbonyl (C=O) groups excluding carboxylic acids is 1. The summed E-state index contributed by atoms with van der Waals surface area (Å²) < 4.78 is 7.12. The maximum Gasteiger partial charge on any atom is 0.244 e. The van der Waals surface area contributed by atoms with Gasteiger partial charge in [0.2, 0.25) is 5.91 Å². The molecular formula is C19H21N3O2. The summed E-state index contributed by atoms with van der Waals surface area (Å²) in [6, 6.07) is 11.5. The third-order valence-corrected chi connectivity index (χ3v) is 4.21. The third-order valence-electron chi connectivity index (χ3n) is 4.21. The molecule has 0 saturated heterocycles. The van der Waals surface area contributed by atoms with Gasteiger partial charge >= 0.3 is 0 Å². The first kappa shape index (κ1) is 16.1. The zero-order valence-corrected chi connectivity index (χ0v) is 14.4. The van der Waals surface area contributed by atoms with Gasteiger partial charge < -0.3 is 14.6 Å². The molecule has 0 unspecified atom stereocenters. The number of nitrogens with one attached hydrogen (secondary N) is 1. The molecule has 1 aromatic heterocycles. The van der Waals surface area contributed by atoms with Gasteiger partial charge in [-0.1, -0.05) is 6.07 Å². The molecule has 3 aromatic rings. The Kier molecular flexibility index (Phi) is 4.25. The number of rotatable bonds is 4. The van der Waals surface area contributed by atoms with Crippen LogP contribution in [0.25, 0.3) is 11.0 Å². The summed E-state index contributed by atoms with van der Waals surface area (Å²) in [5, 5.41) is 2.91. The van der Waals surface area contributed by atoms with E-state index in [4.69, 9.17) is 4.74 Å². The van der Waals surface area contributed by atoms with Crippen molar-refractivity contribution >= 4 is 22.6 Å². The molecule has 0 aliphatic heterocycles. The Morgan fingerprint density at radius 3 is 2.67 bits per heavy atom. The van der Waals surface area contributed by atoms with Gasteiger partial charge in [0.05, 0.1) is 18.1 Å². The van der Waals surface area contributed by atoms with E-state index in [2.05, 4.69) is 36.3 Å². The molecule has 0 fully saturated rings. The van der Waals surface area contributed by atoms with E-state index in [1.807, 2.05) is 29.7 Å². The quantitative estimate of drug-likeness (QED) is 0.798. The second-order valence-electron chi connectivity index (χ2n) is 5.95. The van der Waals surface area contributed by atoms with Crippen molar-refractivity contribution in [2.45, 2.75) is 27.3 Å². The number of imidazole rings is 1. The van der Waals surface area contributed by atoms with E-state index < -0.39 is 0 Å². The lowest BCUT2D eigenvalue weighted by Gasteiger charge is -2.10. The highest BCUT2D eigenvalue weighted by Gasteiger charge is 2.12. The van der Waals surface area contributed by atoms with E-state index in [1.165, 1.54) is 11.1 Å². The first-order valence-corrected chi connectivity index (χ1v) is 7.86. The Morgan fingerprint density at radius 1 is 1.17 bits per heavy atom. The number of nitrogens with zero attached hydrogens (tertiary/aromatic N) is 2. The molecule has 24 heavy (non-hydrogen) atoms. The van der Waals surface area contributed by atoms with Crippen LogP contribution in [0.4, 0.5) is 5.69 Å². The van der Waals surface area contributed by atoms with Crippen LogP contribution in [-0.2, 0) is 11.3 Å². The lowest BCUT2D eigenvalue weighted by atomic mass is 10.1. The number of hydrogen-bond donors (Lipinski definition) is 1. The Balaban J connectivity index is 1.85. The van der Waals surface area contributed by atoms with E-state index in [1.54, 1.807) is 13.2 Å².